The zero-order chi connectivity index (χ0) is 22.4. The maximum absolute atomic E-state index is 3.55. The van der Waals surface area contributed by atoms with Crippen molar-refractivity contribution in [2.75, 3.05) is 33.2 Å². The maximum Gasteiger partial charge on any atom is 0.0346 e. The van der Waals surface area contributed by atoms with E-state index in [1.165, 1.54) is 68.1 Å². The number of nitrogens with zero attached hydrogens (tertiary/aromatic N) is 1. The molecule has 0 radical (unpaired) electrons. The fourth-order valence-electron chi connectivity index (χ4n) is 6.36. The number of fused-ring (bicyclic) bond motifs is 4. The molecule has 2 aromatic heterocycles. The lowest BCUT2D eigenvalue weighted by atomic mass is 10.0. The molecule has 0 bridgehead atoms. The molecule has 4 aliphatic rings. The number of hydrogen-bond donors (Lipinski definition) is 1. The number of rotatable bonds is 2. The highest BCUT2D eigenvalue weighted by Crippen LogP contribution is 2.61. The zero-order valence-electron chi connectivity index (χ0n) is 18.5. The summed E-state index contributed by atoms with van der Waals surface area (Å²) in [6, 6.07) is 18.0. The predicted molar refractivity (Wildman–Crippen MR) is 149 cm³/mol. The van der Waals surface area contributed by atoms with Crippen LogP contribution in [0.25, 0.3) is 20.2 Å². The lowest BCUT2D eigenvalue weighted by Gasteiger charge is -2.14. The van der Waals surface area contributed by atoms with Crippen molar-refractivity contribution in [1.82, 2.24) is 10.2 Å². The Morgan fingerprint density at radius 3 is 1.97 bits per heavy atom. The van der Waals surface area contributed by atoms with Crippen LogP contribution in [-0.2, 0) is 10.8 Å². The summed E-state index contributed by atoms with van der Waals surface area (Å²) in [5, 5.41) is 6.30. The van der Waals surface area contributed by atoms with Gasteiger partial charge < -0.3 is 10.2 Å². The Labute approximate surface area is 219 Å². The summed E-state index contributed by atoms with van der Waals surface area (Å²) in [4.78, 5) is 5.68. The standard InChI is InChI=1S/C14H14BrNS.C13H12BrNS/c1-16-7-10-6-14(10,8-16)13-5-9-4-11(15)2-3-12(9)17-13;14-10-1-2-11-8(3-10)4-12(16-11)13-5-9(13)6-15-7-13/h2-5,10H,6-8H2,1H3;1-4,9,15H,5-7H2. The minimum absolute atomic E-state index is 0.510. The van der Waals surface area contributed by atoms with E-state index in [2.05, 4.69) is 97.7 Å². The number of thiophene rings is 2. The van der Waals surface area contributed by atoms with Crippen molar-refractivity contribution < 1.29 is 0 Å². The van der Waals surface area contributed by atoms with E-state index in [4.69, 9.17) is 0 Å². The summed E-state index contributed by atoms with van der Waals surface area (Å²) in [6.07, 6.45) is 2.80. The number of likely N-dealkylation sites (tertiary alicyclic amines) is 1. The third-order valence-corrected chi connectivity index (χ3v) is 12.0. The van der Waals surface area contributed by atoms with E-state index in [0.29, 0.717) is 10.8 Å². The molecule has 1 N–H and O–H groups in total. The van der Waals surface area contributed by atoms with E-state index in [1.54, 1.807) is 9.75 Å². The largest absolute Gasteiger partial charge is 0.315 e. The second kappa shape index (κ2) is 7.62. The van der Waals surface area contributed by atoms with Crippen LogP contribution in [0.2, 0.25) is 0 Å². The minimum atomic E-state index is 0.510. The summed E-state index contributed by atoms with van der Waals surface area (Å²) >= 11 is 11.1. The first-order valence-corrected chi connectivity index (χ1v) is 15.0. The predicted octanol–water partition coefficient (Wildman–Crippen LogP) is 7.39. The Balaban J connectivity index is 0.000000115. The Kier molecular flexibility index (Phi) is 4.97. The number of halogens is 2. The molecule has 2 saturated carbocycles. The Bertz CT molecular complexity index is 1390. The van der Waals surface area contributed by atoms with Gasteiger partial charge in [-0.15, -0.1) is 22.7 Å². The third-order valence-electron chi connectivity index (χ3n) is 8.32. The van der Waals surface area contributed by atoms with Gasteiger partial charge in [0, 0.05) is 58.6 Å². The van der Waals surface area contributed by atoms with Crippen LogP contribution >= 0.6 is 54.5 Å². The van der Waals surface area contributed by atoms with Gasteiger partial charge in [0.2, 0.25) is 0 Å². The Hall–Kier alpha value is -0.760. The first kappa shape index (κ1) is 21.5. The smallest absolute Gasteiger partial charge is 0.0346 e. The summed E-state index contributed by atoms with van der Waals surface area (Å²) in [5.74, 6) is 1.83. The molecule has 4 unspecified atom stereocenters. The van der Waals surface area contributed by atoms with E-state index < -0.39 is 0 Å². The average Bonchev–Trinajstić information content (AvgIpc) is 3.32. The van der Waals surface area contributed by atoms with Gasteiger partial charge in [-0.3, -0.25) is 0 Å². The lowest BCUT2D eigenvalue weighted by Crippen LogP contribution is -2.21. The SMILES string of the molecule is Brc1ccc2sc(C34CNCC3C4)cc2c1.CN1CC2CC2(c2cc3cc(Br)ccc3s2)C1. The number of piperidine rings is 2. The van der Waals surface area contributed by atoms with Crippen molar-refractivity contribution in [1.29, 1.82) is 0 Å². The molecule has 0 spiro atoms. The van der Waals surface area contributed by atoms with Crippen LogP contribution in [0, 0.1) is 11.8 Å². The van der Waals surface area contributed by atoms with Gasteiger partial charge in [-0.25, -0.2) is 0 Å². The molecule has 33 heavy (non-hydrogen) atoms. The van der Waals surface area contributed by atoms with Crippen LogP contribution in [0.15, 0.2) is 57.5 Å². The van der Waals surface area contributed by atoms with Gasteiger partial charge in [0.05, 0.1) is 0 Å². The van der Waals surface area contributed by atoms with Gasteiger partial charge in [0.1, 0.15) is 0 Å². The molecular weight excluding hydrogens is 576 g/mol. The number of nitrogens with one attached hydrogen (secondary N) is 1. The average molecular weight is 602 g/mol. The van der Waals surface area contributed by atoms with Crippen LogP contribution in [0.5, 0.6) is 0 Å². The summed E-state index contributed by atoms with van der Waals surface area (Å²) in [5.41, 5.74) is 1.03. The van der Waals surface area contributed by atoms with Crippen LogP contribution in [0.1, 0.15) is 22.6 Å². The Morgan fingerprint density at radius 2 is 1.45 bits per heavy atom. The first-order valence-electron chi connectivity index (χ1n) is 11.7. The van der Waals surface area contributed by atoms with Crippen LogP contribution in [-0.4, -0.2) is 38.1 Å². The molecule has 2 aliphatic heterocycles. The number of benzene rings is 2. The second-order valence-electron chi connectivity index (χ2n) is 10.5. The molecule has 0 amide bonds. The molecule has 4 atom stereocenters. The lowest BCUT2D eigenvalue weighted by molar-refractivity contribution is 0.364. The van der Waals surface area contributed by atoms with Crippen molar-refractivity contribution in [3.05, 3.63) is 67.2 Å². The minimum Gasteiger partial charge on any atom is -0.315 e. The van der Waals surface area contributed by atoms with Crippen molar-refractivity contribution >= 4 is 74.7 Å². The monoisotopic (exact) mass is 600 g/mol. The zero-order valence-corrected chi connectivity index (χ0v) is 23.3. The van der Waals surface area contributed by atoms with E-state index >= 15 is 0 Å². The molecular formula is C27H26Br2N2S2. The summed E-state index contributed by atoms with van der Waals surface area (Å²) < 4.78 is 5.21. The van der Waals surface area contributed by atoms with Gasteiger partial charge in [0.25, 0.3) is 0 Å². The molecule has 170 valence electrons. The maximum atomic E-state index is 3.55. The van der Waals surface area contributed by atoms with E-state index in [9.17, 15) is 0 Å². The second-order valence-corrected chi connectivity index (χ2v) is 14.5. The van der Waals surface area contributed by atoms with Crippen LogP contribution in [0.3, 0.4) is 0 Å². The van der Waals surface area contributed by atoms with Crippen molar-refractivity contribution in [2.24, 2.45) is 11.8 Å². The van der Waals surface area contributed by atoms with Gasteiger partial charge >= 0.3 is 0 Å². The van der Waals surface area contributed by atoms with E-state index in [-0.39, 0.29) is 0 Å². The molecule has 2 saturated heterocycles. The highest BCUT2D eigenvalue weighted by molar-refractivity contribution is 9.10. The van der Waals surface area contributed by atoms with Crippen molar-refractivity contribution in [2.45, 2.75) is 23.7 Å². The van der Waals surface area contributed by atoms with Crippen LogP contribution < -0.4 is 5.32 Å². The van der Waals surface area contributed by atoms with Crippen molar-refractivity contribution in [3.63, 3.8) is 0 Å². The summed E-state index contributed by atoms with van der Waals surface area (Å²) in [6.45, 7) is 4.95. The molecule has 4 aromatic rings. The fourth-order valence-corrected chi connectivity index (χ4v) is 9.75. The third kappa shape index (κ3) is 3.51. The van der Waals surface area contributed by atoms with Crippen LogP contribution in [0.4, 0.5) is 0 Å². The molecule has 8 rings (SSSR count). The quantitative estimate of drug-likeness (QED) is 0.258. The number of hydrogen-bond acceptors (Lipinski definition) is 4. The van der Waals surface area contributed by atoms with E-state index in [1.807, 2.05) is 22.7 Å². The molecule has 4 heterocycles. The Morgan fingerprint density at radius 1 is 0.848 bits per heavy atom. The normalized spacial score (nSPS) is 32.0. The highest BCUT2D eigenvalue weighted by atomic mass is 79.9. The highest BCUT2D eigenvalue weighted by Gasteiger charge is 2.60. The molecule has 4 fully saturated rings. The van der Waals surface area contributed by atoms with Gasteiger partial charge in [-0.1, -0.05) is 31.9 Å². The molecule has 2 aromatic carbocycles. The van der Waals surface area contributed by atoms with Gasteiger partial charge in [-0.05, 0) is 97.6 Å². The molecule has 2 nitrogen and oxygen atoms in total. The van der Waals surface area contributed by atoms with E-state index in [0.717, 1.165) is 11.8 Å². The number of likely N-dealkylation sites (N-methyl/N-ethyl adjacent to an activating group) is 1. The molecule has 6 heteroatoms. The van der Waals surface area contributed by atoms with Gasteiger partial charge in [-0.2, -0.15) is 0 Å². The van der Waals surface area contributed by atoms with Crippen molar-refractivity contribution in [3.8, 4) is 0 Å². The molecule has 2 aliphatic carbocycles. The summed E-state index contributed by atoms with van der Waals surface area (Å²) in [7, 11) is 2.25. The fraction of sp³-hybridized carbons (Fsp3) is 0.407. The first-order chi connectivity index (χ1) is 15.9. The van der Waals surface area contributed by atoms with Gasteiger partial charge in [0.15, 0.2) is 0 Å². The topological polar surface area (TPSA) is 15.3 Å².